The van der Waals surface area contributed by atoms with Gasteiger partial charge in [0, 0.05) is 16.6 Å². The predicted molar refractivity (Wildman–Crippen MR) is 95.0 cm³/mol. The Kier molecular flexibility index (Phi) is 4.24. The average Bonchev–Trinajstić information content (AvgIpc) is 3.18. The molecule has 0 radical (unpaired) electrons. The lowest BCUT2D eigenvalue weighted by atomic mass is 9.84. The number of aromatic nitrogens is 2. The molecule has 0 unspecified atom stereocenters. The van der Waals surface area contributed by atoms with Crippen molar-refractivity contribution in [2.24, 2.45) is 0 Å². The summed E-state index contributed by atoms with van der Waals surface area (Å²) in [5.74, 6) is -0.104. The number of carbonyl (C=O) groups is 1. The van der Waals surface area contributed by atoms with E-state index < -0.39 is 5.41 Å². The van der Waals surface area contributed by atoms with Crippen molar-refractivity contribution in [1.29, 1.82) is 0 Å². The third kappa shape index (κ3) is 3.30. The molecular formula is C17H16ClN3OS. The van der Waals surface area contributed by atoms with Crippen LogP contribution in [-0.4, -0.2) is 15.9 Å². The van der Waals surface area contributed by atoms with Crippen LogP contribution < -0.4 is 5.32 Å². The van der Waals surface area contributed by atoms with Crippen LogP contribution in [0.25, 0.3) is 11.4 Å². The number of hydrogen-bond donors (Lipinski definition) is 2. The first-order valence-electron chi connectivity index (χ1n) is 7.13. The van der Waals surface area contributed by atoms with E-state index in [1.54, 1.807) is 12.1 Å². The number of benzene rings is 1. The number of amides is 1. The molecule has 118 valence electrons. The highest BCUT2D eigenvalue weighted by Gasteiger charge is 2.30. The van der Waals surface area contributed by atoms with Crippen LogP contribution in [0.3, 0.4) is 0 Å². The second kappa shape index (κ2) is 6.18. The summed E-state index contributed by atoms with van der Waals surface area (Å²) >= 11 is 7.32. The number of carbonyl (C=O) groups excluding carboxylic acids is 1. The van der Waals surface area contributed by atoms with Gasteiger partial charge in [0.25, 0.3) is 0 Å². The molecule has 0 saturated carbocycles. The zero-order chi connectivity index (χ0) is 16.4. The zero-order valence-corrected chi connectivity index (χ0v) is 14.3. The Morgan fingerprint density at radius 3 is 2.65 bits per heavy atom. The second-order valence-corrected chi connectivity index (χ2v) is 7.00. The summed E-state index contributed by atoms with van der Waals surface area (Å²) in [7, 11) is 0. The van der Waals surface area contributed by atoms with E-state index in [2.05, 4.69) is 15.3 Å². The van der Waals surface area contributed by atoms with E-state index in [4.69, 9.17) is 11.6 Å². The third-order valence-corrected chi connectivity index (χ3v) is 4.74. The van der Waals surface area contributed by atoms with Gasteiger partial charge in [-0.3, -0.25) is 4.79 Å². The highest BCUT2D eigenvalue weighted by Crippen LogP contribution is 2.28. The molecule has 2 N–H and O–H groups in total. The number of rotatable bonds is 4. The topological polar surface area (TPSA) is 57.8 Å². The molecule has 0 aliphatic rings. The number of halogens is 1. The zero-order valence-electron chi connectivity index (χ0n) is 12.8. The minimum atomic E-state index is -0.678. The molecule has 0 aliphatic carbocycles. The van der Waals surface area contributed by atoms with Gasteiger partial charge in [-0.2, -0.15) is 0 Å². The number of aromatic amines is 1. The lowest BCUT2D eigenvalue weighted by Gasteiger charge is -2.23. The minimum Gasteiger partial charge on any atom is -0.360 e. The van der Waals surface area contributed by atoms with Gasteiger partial charge in [-0.1, -0.05) is 23.7 Å². The highest BCUT2D eigenvalue weighted by atomic mass is 35.5. The number of hydrogen-bond acceptors (Lipinski definition) is 3. The number of anilines is 1. The van der Waals surface area contributed by atoms with Gasteiger partial charge < -0.3 is 10.3 Å². The molecule has 0 saturated heterocycles. The number of nitrogens with one attached hydrogen (secondary N) is 2. The van der Waals surface area contributed by atoms with Gasteiger partial charge in [0.15, 0.2) is 5.13 Å². The first-order chi connectivity index (χ1) is 11.0. The maximum absolute atomic E-state index is 12.6. The Hall–Kier alpha value is -2.11. The molecule has 0 aliphatic heterocycles. The molecule has 2 aromatic heterocycles. The Morgan fingerprint density at radius 1 is 1.26 bits per heavy atom. The van der Waals surface area contributed by atoms with E-state index in [1.807, 2.05) is 49.7 Å². The minimum absolute atomic E-state index is 0.104. The predicted octanol–water partition coefficient (Wildman–Crippen LogP) is 4.71. The Morgan fingerprint density at radius 2 is 2.00 bits per heavy atom. The van der Waals surface area contributed by atoms with E-state index >= 15 is 0 Å². The Labute approximate surface area is 143 Å². The number of H-pyrrole nitrogens is 1. The molecule has 0 atom stereocenters. The van der Waals surface area contributed by atoms with Crippen molar-refractivity contribution in [3.63, 3.8) is 0 Å². The van der Waals surface area contributed by atoms with Crippen molar-refractivity contribution in [1.82, 2.24) is 9.97 Å². The maximum Gasteiger partial charge on any atom is 0.236 e. The van der Waals surface area contributed by atoms with Gasteiger partial charge in [0.1, 0.15) is 0 Å². The molecule has 6 heteroatoms. The lowest BCUT2D eigenvalue weighted by Crippen LogP contribution is -2.34. The normalized spacial score (nSPS) is 11.4. The van der Waals surface area contributed by atoms with Gasteiger partial charge in [-0.15, -0.1) is 11.3 Å². The molecule has 2 heterocycles. The largest absolute Gasteiger partial charge is 0.360 e. The van der Waals surface area contributed by atoms with Crippen molar-refractivity contribution in [3.8, 4) is 11.4 Å². The van der Waals surface area contributed by atoms with E-state index in [0.717, 1.165) is 17.0 Å². The summed E-state index contributed by atoms with van der Waals surface area (Å²) < 4.78 is 0. The van der Waals surface area contributed by atoms with Crippen LogP contribution in [0, 0.1) is 0 Å². The van der Waals surface area contributed by atoms with Crippen LogP contribution in [0.5, 0.6) is 0 Å². The maximum atomic E-state index is 12.6. The van der Waals surface area contributed by atoms with E-state index in [-0.39, 0.29) is 5.91 Å². The molecule has 3 rings (SSSR count). The van der Waals surface area contributed by atoms with Gasteiger partial charge >= 0.3 is 0 Å². The summed E-state index contributed by atoms with van der Waals surface area (Å²) in [6.45, 7) is 3.76. The smallest absolute Gasteiger partial charge is 0.236 e. The van der Waals surface area contributed by atoms with Crippen LogP contribution in [0.2, 0.25) is 5.02 Å². The van der Waals surface area contributed by atoms with Crippen molar-refractivity contribution in [3.05, 3.63) is 58.6 Å². The van der Waals surface area contributed by atoms with Gasteiger partial charge in [0.2, 0.25) is 5.91 Å². The van der Waals surface area contributed by atoms with Crippen LogP contribution in [0.4, 0.5) is 5.13 Å². The highest BCUT2D eigenvalue weighted by molar-refractivity contribution is 7.14. The summed E-state index contributed by atoms with van der Waals surface area (Å²) in [6.07, 6.45) is 1.84. The quantitative estimate of drug-likeness (QED) is 0.719. The molecule has 1 aromatic carbocycles. The third-order valence-electron chi connectivity index (χ3n) is 3.73. The van der Waals surface area contributed by atoms with Gasteiger partial charge in [0.05, 0.1) is 16.8 Å². The fraction of sp³-hybridized carbons (Fsp3) is 0.176. The van der Waals surface area contributed by atoms with Crippen molar-refractivity contribution >= 4 is 34.0 Å². The first-order valence-corrected chi connectivity index (χ1v) is 8.39. The molecule has 1 amide bonds. The van der Waals surface area contributed by atoms with E-state index in [9.17, 15) is 4.79 Å². The van der Waals surface area contributed by atoms with Gasteiger partial charge in [-0.05, 0) is 43.7 Å². The fourth-order valence-corrected chi connectivity index (χ4v) is 3.03. The van der Waals surface area contributed by atoms with E-state index in [1.165, 1.54) is 11.3 Å². The summed E-state index contributed by atoms with van der Waals surface area (Å²) in [5, 5.41) is 6.05. The Balaban J connectivity index is 1.77. The molecule has 3 aromatic rings. The van der Waals surface area contributed by atoms with Crippen LogP contribution in [0.15, 0.2) is 48.0 Å². The summed E-state index contributed by atoms with van der Waals surface area (Å²) in [5.41, 5.74) is 1.97. The lowest BCUT2D eigenvalue weighted by molar-refractivity contribution is -0.120. The van der Waals surface area contributed by atoms with Crippen LogP contribution in [0.1, 0.15) is 19.4 Å². The van der Waals surface area contributed by atoms with Crippen LogP contribution >= 0.6 is 22.9 Å². The second-order valence-electron chi connectivity index (χ2n) is 5.71. The monoisotopic (exact) mass is 345 g/mol. The van der Waals surface area contributed by atoms with E-state index in [0.29, 0.717) is 10.2 Å². The average molecular weight is 346 g/mol. The van der Waals surface area contributed by atoms with Crippen molar-refractivity contribution < 1.29 is 4.79 Å². The van der Waals surface area contributed by atoms with Crippen molar-refractivity contribution in [2.45, 2.75) is 19.3 Å². The molecular weight excluding hydrogens is 330 g/mol. The molecule has 0 bridgehead atoms. The number of nitrogens with zero attached hydrogens (tertiary/aromatic N) is 1. The summed E-state index contributed by atoms with van der Waals surface area (Å²) in [4.78, 5) is 20.2. The molecule has 23 heavy (non-hydrogen) atoms. The first kappa shape index (κ1) is 15.8. The fourth-order valence-electron chi connectivity index (χ4n) is 2.20. The summed E-state index contributed by atoms with van der Waals surface area (Å²) in [6, 6.07) is 11.2. The van der Waals surface area contributed by atoms with Crippen molar-refractivity contribution in [2.75, 3.05) is 5.32 Å². The van der Waals surface area contributed by atoms with Crippen LogP contribution in [-0.2, 0) is 10.2 Å². The molecule has 0 fully saturated rings. The molecule has 4 nitrogen and oxygen atoms in total. The SMILES string of the molecule is CC(C)(C(=O)Nc1nc(-c2ccc[nH]2)cs1)c1ccc(Cl)cc1. The van der Waals surface area contributed by atoms with Gasteiger partial charge in [-0.25, -0.2) is 4.98 Å². The standard InChI is InChI=1S/C17H16ClN3OS/c1-17(2,11-5-7-12(18)8-6-11)15(22)21-16-20-14(10-23-16)13-4-3-9-19-13/h3-10,19H,1-2H3,(H,20,21,22). The number of thiazole rings is 1. The molecule has 0 spiro atoms. The Bertz CT molecular complexity index is 807.